The van der Waals surface area contributed by atoms with Crippen LogP contribution in [0, 0.1) is 10.1 Å². The minimum Gasteiger partial charge on any atom is -0.382 e. The smallest absolute Gasteiger partial charge is 0.276 e. The summed E-state index contributed by atoms with van der Waals surface area (Å²) in [5.41, 5.74) is 4.42. The van der Waals surface area contributed by atoms with Crippen LogP contribution in [0.2, 0.25) is 5.02 Å². The molecule has 1 heterocycles. The quantitative estimate of drug-likeness (QED) is 0.127. The van der Waals surface area contributed by atoms with Crippen molar-refractivity contribution in [1.82, 2.24) is 20.8 Å². The molecule has 1 atom stereocenters. The van der Waals surface area contributed by atoms with Crippen LogP contribution in [0.5, 0.6) is 0 Å². The minimum atomic E-state index is -1.46. The molecule has 13 heteroatoms. The van der Waals surface area contributed by atoms with E-state index in [0.29, 0.717) is 16.1 Å². The summed E-state index contributed by atoms with van der Waals surface area (Å²) in [6.07, 6.45) is -1.46. The largest absolute Gasteiger partial charge is 0.382 e. The van der Waals surface area contributed by atoms with Crippen molar-refractivity contribution in [2.75, 3.05) is 0 Å². The van der Waals surface area contributed by atoms with Crippen molar-refractivity contribution in [2.24, 2.45) is 10.9 Å². The zero-order valence-corrected chi connectivity index (χ0v) is 16.6. The lowest BCUT2D eigenvalue weighted by molar-refractivity contribution is -0.384. The van der Waals surface area contributed by atoms with Gasteiger partial charge in [0, 0.05) is 17.2 Å². The summed E-state index contributed by atoms with van der Waals surface area (Å²) >= 11 is 10.8. The Hall–Kier alpha value is -3.45. The van der Waals surface area contributed by atoms with Gasteiger partial charge in [-0.2, -0.15) is 5.10 Å². The Kier molecular flexibility index (Phi) is 6.32. The average Bonchev–Trinajstić information content (AvgIpc) is 2.73. The Balaban J connectivity index is 2.11. The first-order valence-electron chi connectivity index (χ1n) is 8.26. The first-order valence-corrected chi connectivity index (χ1v) is 9.05. The predicted octanol–water partition coefficient (Wildman–Crippen LogP) is 1.26. The Labute approximate surface area is 178 Å². The van der Waals surface area contributed by atoms with E-state index in [1.165, 1.54) is 30.3 Å². The summed E-state index contributed by atoms with van der Waals surface area (Å²) < 4.78 is 0. The minimum absolute atomic E-state index is 0.0765. The summed E-state index contributed by atoms with van der Waals surface area (Å²) in [6.45, 7) is 0. The maximum absolute atomic E-state index is 12.6. The molecule has 2 aromatic carbocycles. The topological polar surface area (TPSA) is 172 Å². The van der Waals surface area contributed by atoms with Gasteiger partial charge in [0.25, 0.3) is 11.2 Å². The molecule has 154 valence electrons. The number of aliphatic hydroxyl groups excluding tert-OH is 1. The maximum Gasteiger partial charge on any atom is 0.276 e. The number of hydrogen-bond acceptors (Lipinski definition) is 8. The second kappa shape index (κ2) is 8.92. The molecule has 3 aromatic rings. The summed E-state index contributed by atoms with van der Waals surface area (Å²) in [7, 11) is 0. The van der Waals surface area contributed by atoms with Gasteiger partial charge >= 0.3 is 0 Å². The molecule has 0 aliphatic heterocycles. The van der Waals surface area contributed by atoms with Crippen LogP contribution in [0.4, 0.5) is 5.69 Å². The number of nitro groups is 1. The summed E-state index contributed by atoms with van der Waals surface area (Å²) in [4.78, 5) is 29.8. The highest BCUT2D eigenvalue weighted by Crippen LogP contribution is 2.22. The molecule has 3 rings (SSSR count). The van der Waals surface area contributed by atoms with Crippen LogP contribution in [0.15, 0.2) is 52.4 Å². The number of hydrazine groups is 1. The van der Waals surface area contributed by atoms with Crippen molar-refractivity contribution >= 4 is 51.4 Å². The van der Waals surface area contributed by atoms with Crippen molar-refractivity contribution in [3.05, 3.63) is 79.2 Å². The first-order chi connectivity index (χ1) is 14.3. The van der Waals surface area contributed by atoms with E-state index in [9.17, 15) is 20.0 Å². The van der Waals surface area contributed by atoms with Gasteiger partial charge in [-0.05, 0) is 48.1 Å². The SMILES string of the molecule is NNC(=S)N/N=C(\c1nc2ccc(Cl)cc2[nH]c1=O)[C@@H](O)c1ccc([N+](=O)[O-])cc1. The van der Waals surface area contributed by atoms with Gasteiger partial charge in [0.05, 0.1) is 16.0 Å². The second-order valence-electron chi connectivity index (χ2n) is 5.91. The highest BCUT2D eigenvalue weighted by Gasteiger charge is 2.23. The highest BCUT2D eigenvalue weighted by molar-refractivity contribution is 7.80. The molecule has 0 fully saturated rings. The number of fused-ring (bicyclic) bond motifs is 1. The van der Waals surface area contributed by atoms with Crippen LogP contribution in [0.1, 0.15) is 17.4 Å². The van der Waals surface area contributed by atoms with Crippen LogP contribution >= 0.6 is 23.8 Å². The number of aromatic nitrogens is 2. The van der Waals surface area contributed by atoms with Crippen LogP contribution in [0.3, 0.4) is 0 Å². The van der Waals surface area contributed by atoms with E-state index < -0.39 is 16.6 Å². The Morgan fingerprint density at radius 2 is 2.03 bits per heavy atom. The summed E-state index contributed by atoms with van der Waals surface area (Å²) in [5, 5.41) is 26.0. The first kappa shape index (κ1) is 21.3. The molecule has 0 aliphatic carbocycles. The van der Waals surface area contributed by atoms with Gasteiger partial charge in [-0.3, -0.25) is 25.8 Å². The lowest BCUT2D eigenvalue weighted by Crippen LogP contribution is -2.38. The fourth-order valence-electron chi connectivity index (χ4n) is 2.56. The number of thiocarbonyl (C=S) groups is 1. The number of halogens is 1. The van der Waals surface area contributed by atoms with E-state index in [1.54, 1.807) is 12.1 Å². The lowest BCUT2D eigenvalue weighted by Gasteiger charge is -2.14. The highest BCUT2D eigenvalue weighted by atomic mass is 35.5. The van der Waals surface area contributed by atoms with Gasteiger partial charge in [0.2, 0.25) is 5.11 Å². The van der Waals surface area contributed by atoms with Crippen molar-refractivity contribution in [1.29, 1.82) is 0 Å². The molecule has 0 aliphatic rings. The van der Waals surface area contributed by atoms with Gasteiger partial charge in [-0.1, -0.05) is 11.6 Å². The van der Waals surface area contributed by atoms with E-state index >= 15 is 0 Å². The van der Waals surface area contributed by atoms with Gasteiger partial charge < -0.3 is 10.1 Å². The zero-order valence-electron chi connectivity index (χ0n) is 15.0. The molecule has 0 amide bonds. The van der Waals surface area contributed by atoms with E-state index in [1.807, 2.05) is 0 Å². The van der Waals surface area contributed by atoms with Crippen LogP contribution in [-0.4, -0.2) is 30.8 Å². The number of benzene rings is 2. The number of aliphatic hydroxyl groups is 1. The molecule has 0 spiro atoms. The average molecular weight is 448 g/mol. The molecule has 0 unspecified atom stereocenters. The summed E-state index contributed by atoms with van der Waals surface area (Å²) in [6, 6.07) is 9.83. The summed E-state index contributed by atoms with van der Waals surface area (Å²) in [5.74, 6) is 5.20. The number of hydrogen-bond donors (Lipinski definition) is 5. The van der Waals surface area contributed by atoms with Gasteiger partial charge in [0.1, 0.15) is 11.8 Å². The Morgan fingerprint density at radius 1 is 1.33 bits per heavy atom. The van der Waals surface area contributed by atoms with Crippen LogP contribution in [0.25, 0.3) is 11.0 Å². The molecule has 0 radical (unpaired) electrons. The zero-order chi connectivity index (χ0) is 21.8. The predicted molar refractivity (Wildman–Crippen MR) is 115 cm³/mol. The number of nitrogens with zero attached hydrogens (tertiary/aromatic N) is 3. The number of non-ortho nitro benzene ring substituents is 1. The molecule has 0 saturated carbocycles. The fourth-order valence-corrected chi connectivity index (χ4v) is 2.77. The number of aromatic amines is 1. The van der Waals surface area contributed by atoms with E-state index in [0.717, 1.165) is 0 Å². The second-order valence-corrected chi connectivity index (χ2v) is 6.75. The van der Waals surface area contributed by atoms with Crippen molar-refractivity contribution in [2.45, 2.75) is 6.10 Å². The molecule has 0 bridgehead atoms. The number of hydrazone groups is 1. The molecule has 0 saturated heterocycles. The third-order valence-electron chi connectivity index (χ3n) is 3.98. The standard InChI is InChI=1S/C17H14ClN7O4S/c18-9-3-6-11-12(7-9)21-16(27)14(20-11)13(23-24-17(30)22-19)15(26)8-1-4-10(5-2-8)25(28)29/h1-7,15,26H,19H2,(H,21,27)(H2,22,24,30)/b23-13+/t15-/m0/s1. The monoisotopic (exact) mass is 447 g/mol. The van der Waals surface area contributed by atoms with E-state index in [-0.39, 0.29) is 27.8 Å². The van der Waals surface area contributed by atoms with Crippen LogP contribution in [-0.2, 0) is 0 Å². The van der Waals surface area contributed by atoms with Gasteiger partial charge in [0.15, 0.2) is 5.69 Å². The maximum atomic E-state index is 12.6. The molecule has 1 aromatic heterocycles. The van der Waals surface area contributed by atoms with Gasteiger partial charge in [-0.15, -0.1) is 0 Å². The van der Waals surface area contributed by atoms with Crippen molar-refractivity contribution < 1.29 is 10.0 Å². The number of nitrogens with two attached hydrogens (primary N) is 1. The third-order valence-corrected chi connectivity index (χ3v) is 4.43. The Morgan fingerprint density at radius 3 is 2.67 bits per heavy atom. The molecular weight excluding hydrogens is 434 g/mol. The van der Waals surface area contributed by atoms with Gasteiger partial charge in [-0.25, -0.2) is 10.8 Å². The van der Waals surface area contributed by atoms with Crippen LogP contribution < -0.4 is 22.3 Å². The van der Waals surface area contributed by atoms with E-state index in [4.69, 9.17) is 29.7 Å². The fraction of sp³-hybridized carbons (Fsp3) is 0.0588. The Bertz CT molecular complexity index is 1210. The van der Waals surface area contributed by atoms with Crippen molar-refractivity contribution in [3.63, 3.8) is 0 Å². The normalized spacial score (nSPS) is 12.4. The number of nitrogens with one attached hydrogen (secondary N) is 3. The lowest BCUT2D eigenvalue weighted by atomic mass is 10.0. The number of nitro benzene ring substituents is 1. The molecule has 11 nitrogen and oxygen atoms in total. The number of H-pyrrole nitrogens is 1. The number of rotatable bonds is 5. The molecular formula is C17H14ClN7O4S. The third kappa shape index (κ3) is 4.58. The molecule has 30 heavy (non-hydrogen) atoms. The molecule has 6 N–H and O–H groups in total. The van der Waals surface area contributed by atoms with Crippen molar-refractivity contribution in [3.8, 4) is 0 Å². The van der Waals surface area contributed by atoms with E-state index in [2.05, 4.69) is 25.9 Å².